The Kier molecular flexibility index (Phi) is 2.56. The van der Waals surface area contributed by atoms with Gasteiger partial charge in [-0.2, -0.15) is 0 Å². The van der Waals surface area contributed by atoms with Crippen molar-refractivity contribution in [1.82, 2.24) is 10.2 Å². The Bertz CT molecular complexity index is 692. The summed E-state index contributed by atoms with van der Waals surface area (Å²) in [6, 6.07) is 9.33. The van der Waals surface area contributed by atoms with E-state index in [9.17, 15) is 5.11 Å². The van der Waals surface area contributed by atoms with Crippen LogP contribution in [0.4, 0.5) is 11.5 Å². The Labute approximate surface area is 122 Å². The third-order valence-corrected chi connectivity index (χ3v) is 4.58. The molecule has 0 bridgehead atoms. The van der Waals surface area contributed by atoms with Crippen molar-refractivity contribution in [2.24, 2.45) is 17.6 Å². The molecule has 2 atom stereocenters. The summed E-state index contributed by atoms with van der Waals surface area (Å²) < 4.78 is 0. The van der Waals surface area contributed by atoms with E-state index in [-0.39, 0.29) is 5.75 Å². The van der Waals surface area contributed by atoms with Crippen LogP contribution < -0.4 is 16.4 Å². The van der Waals surface area contributed by atoms with E-state index in [0.29, 0.717) is 35.0 Å². The van der Waals surface area contributed by atoms with Gasteiger partial charge in [0.1, 0.15) is 5.75 Å². The van der Waals surface area contributed by atoms with Gasteiger partial charge in [-0.1, -0.05) is 12.1 Å². The Balaban J connectivity index is 1.69. The Morgan fingerprint density at radius 3 is 2.57 bits per heavy atom. The molecule has 2 unspecified atom stereocenters. The van der Waals surface area contributed by atoms with Crippen LogP contribution in [0.25, 0.3) is 11.3 Å². The number of aromatic hydroxyl groups is 1. The van der Waals surface area contributed by atoms with Gasteiger partial charge in [0.15, 0.2) is 5.82 Å². The van der Waals surface area contributed by atoms with E-state index in [4.69, 9.17) is 11.5 Å². The molecule has 5 N–H and O–H groups in total. The molecule has 21 heavy (non-hydrogen) atoms. The van der Waals surface area contributed by atoms with Gasteiger partial charge >= 0.3 is 0 Å². The number of phenols is 1. The van der Waals surface area contributed by atoms with E-state index >= 15 is 0 Å². The van der Waals surface area contributed by atoms with E-state index in [1.807, 2.05) is 18.2 Å². The number of piperidine rings is 1. The van der Waals surface area contributed by atoms with Gasteiger partial charge < -0.3 is 21.5 Å². The first-order chi connectivity index (χ1) is 10.1. The first kappa shape index (κ1) is 12.4. The summed E-state index contributed by atoms with van der Waals surface area (Å²) in [5.41, 5.74) is 14.1. The van der Waals surface area contributed by atoms with Gasteiger partial charge in [0.05, 0.1) is 11.4 Å². The summed E-state index contributed by atoms with van der Waals surface area (Å²) in [6.07, 6.45) is 0. The van der Waals surface area contributed by atoms with Gasteiger partial charge in [-0.25, -0.2) is 0 Å². The molecule has 2 heterocycles. The second kappa shape index (κ2) is 4.33. The first-order valence-electron chi connectivity index (χ1n) is 7.07. The quantitative estimate of drug-likeness (QED) is 0.754. The average Bonchev–Trinajstić information content (AvgIpc) is 2.90. The number of hydrogen-bond acceptors (Lipinski definition) is 6. The molecule has 108 valence electrons. The molecular formula is C15H17N5O. The van der Waals surface area contributed by atoms with Crippen LogP contribution in [-0.2, 0) is 0 Å². The van der Waals surface area contributed by atoms with Crippen LogP contribution in [0.3, 0.4) is 0 Å². The number of benzene rings is 1. The highest BCUT2D eigenvalue weighted by Gasteiger charge is 2.53. The molecule has 1 aliphatic heterocycles. The van der Waals surface area contributed by atoms with Crippen molar-refractivity contribution >= 4 is 11.5 Å². The van der Waals surface area contributed by atoms with E-state index in [0.717, 1.165) is 18.8 Å². The van der Waals surface area contributed by atoms with Crippen LogP contribution in [0.1, 0.15) is 0 Å². The fraction of sp³-hybridized carbons (Fsp3) is 0.333. The Morgan fingerprint density at radius 1 is 1.14 bits per heavy atom. The number of para-hydroxylation sites is 1. The first-order valence-corrected chi connectivity index (χ1v) is 7.07. The van der Waals surface area contributed by atoms with E-state index in [1.54, 1.807) is 12.1 Å². The normalized spacial score (nSPS) is 26.7. The second-order valence-electron chi connectivity index (χ2n) is 5.83. The highest BCUT2D eigenvalue weighted by molar-refractivity contribution is 5.74. The molecule has 1 aromatic heterocycles. The molecule has 1 aliphatic carbocycles. The van der Waals surface area contributed by atoms with Crippen LogP contribution in [0, 0.1) is 11.8 Å². The van der Waals surface area contributed by atoms with E-state index in [1.165, 1.54) is 0 Å². The van der Waals surface area contributed by atoms with Gasteiger partial charge in [0.25, 0.3) is 0 Å². The number of rotatable bonds is 2. The van der Waals surface area contributed by atoms with Crippen molar-refractivity contribution in [3.8, 4) is 17.0 Å². The van der Waals surface area contributed by atoms with Crippen molar-refractivity contribution < 1.29 is 5.11 Å². The number of anilines is 2. The maximum Gasteiger partial charge on any atom is 0.169 e. The molecule has 6 heteroatoms. The molecule has 2 aliphatic rings. The smallest absolute Gasteiger partial charge is 0.169 e. The molecule has 0 radical (unpaired) electrons. The molecule has 2 aromatic rings. The van der Waals surface area contributed by atoms with Crippen molar-refractivity contribution in [3.63, 3.8) is 0 Å². The fourth-order valence-corrected chi connectivity index (χ4v) is 3.24. The zero-order valence-electron chi connectivity index (χ0n) is 11.5. The third kappa shape index (κ3) is 1.91. The van der Waals surface area contributed by atoms with Crippen LogP contribution >= 0.6 is 0 Å². The lowest BCUT2D eigenvalue weighted by molar-refractivity contribution is 0.477. The number of nitrogen functional groups attached to an aromatic ring is 1. The van der Waals surface area contributed by atoms with Gasteiger partial charge in [-0.15, -0.1) is 10.2 Å². The highest BCUT2D eigenvalue weighted by Crippen LogP contribution is 2.46. The topological polar surface area (TPSA) is 101 Å². The second-order valence-corrected chi connectivity index (χ2v) is 5.83. The van der Waals surface area contributed by atoms with Gasteiger partial charge in [0.2, 0.25) is 0 Å². The zero-order chi connectivity index (χ0) is 14.6. The molecule has 1 saturated carbocycles. The molecule has 6 nitrogen and oxygen atoms in total. The predicted molar refractivity (Wildman–Crippen MR) is 80.7 cm³/mol. The summed E-state index contributed by atoms with van der Waals surface area (Å²) in [5, 5.41) is 18.1. The summed E-state index contributed by atoms with van der Waals surface area (Å²) in [5.74, 6) is 1.76. The lowest BCUT2D eigenvalue weighted by Crippen LogP contribution is -2.29. The van der Waals surface area contributed by atoms with Gasteiger partial charge in [-0.3, -0.25) is 0 Å². The lowest BCUT2D eigenvalue weighted by Gasteiger charge is -2.22. The zero-order valence-corrected chi connectivity index (χ0v) is 11.5. The van der Waals surface area contributed by atoms with Crippen molar-refractivity contribution in [1.29, 1.82) is 0 Å². The number of fused-ring (bicyclic) bond motifs is 1. The van der Waals surface area contributed by atoms with Crippen LogP contribution in [-0.4, -0.2) is 34.4 Å². The standard InChI is InChI=1S/C15H17N5O/c16-14-9-6-20(7-10(9)14)12-5-11(18-19-15(12)17)8-3-1-2-4-13(8)21/h1-5,9-10,14,21H,6-7,16H2,(H2,17,19). The predicted octanol–water partition coefficient (Wildman–Crippen LogP) is 0.825. The largest absolute Gasteiger partial charge is 0.507 e. The van der Waals surface area contributed by atoms with E-state index < -0.39 is 0 Å². The summed E-state index contributed by atoms with van der Waals surface area (Å²) >= 11 is 0. The minimum absolute atomic E-state index is 0.189. The summed E-state index contributed by atoms with van der Waals surface area (Å²) in [4.78, 5) is 2.21. The Hall–Kier alpha value is -2.34. The highest BCUT2D eigenvalue weighted by atomic mass is 16.3. The summed E-state index contributed by atoms with van der Waals surface area (Å²) in [7, 11) is 0. The molecule has 0 amide bonds. The maximum atomic E-state index is 9.94. The molecule has 2 fully saturated rings. The number of nitrogens with two attached hydrogens (primary N) is 2. The number of aromatic nitrogens is 2. The third-order valence-electron chi connectivity index (χ3n) is 4.58. The average molecular weight is 283 g/mol. The van der Waals surface area contributed by atoms with Crippen LogP contribution in [0.15, 0.2) is 30.3 Å². The van der Waals surface area contributed by atoms with Crippen molar-refractivity contribution in [2.45, 2.75) is 6.04 Å². The molecule has 0 spiro atoms. The summed E-state index contributed by atoms with van der Waals surface area (Å²) in [6.45, 7) is 1.84. The minimum atomic E-state index is 0.189. The number of hydrogen-bond donors (Lipinski definition) is 3. The Morgan fingerprint density at radius 2 is 1.86 bits per heavy atom. The van der Waals surface area contributed by atoms with Crippen LogP contribution in [0.5, 0.6) is 5.75 Å². The van der Waals surface area contributed by atoms with Gasteiger partial charge in [0, 0.05) is 24.7 Å². The van der Waals surface area contributed by atoms with E-state index in [2.05, 4.69) is 15.1 Å². The van der Waals surface area contributed by atoms with Crippen LogP contribution in [0.2, 0.25) is 0 Å². The monoisotopic (exact) mass is 283 g/mol. The fourth-order valence-electron chi connectivity index (χ4n) is 3.24. The molecular weight excluding hydrogens is 266 g/mol. The number of phenolic OH excluding ortho intramolecular Hbond substituents is 1. The van der Waals surface area contributed by atoms with Crippen molar-refractivity contribution in [2.75, 3.05) is 23.7 Å². The molecule has 4 rings (SSSR count). The number of nitrogens with zero attached hydrogens (tertiary/aromatic N) is 3. The SMILES string of the molecule is Nc1nnc(-c2ccccc2O)cc1N1CC2C(N)C2C1. The maximum absolute atomic E-state index is 9.94. The lowest BCUT2D eigenvalue weighted by atomic mass is 10.1. The van der Waals surface area contributed by atoms with Gasteiger partial charge in [-0.05, 0) is 30.0 Å². The minimum Gasteiger partial charge on any atom is -0.507 e. The molecule has 1 aromatic carbocycles. The molecule has 1 saturated heterocycles. The van der Waals surface area contributed by atoms with Crippen molar-refractivity contribution in [3.05, 3.63) is 30.3 Å².